The minimum atomic E-state index is 0.633. The zero-order valence-electron chi connectivity index (χ0n) is 31.9. The molecular formula is C55H34N4. The molecule has 0 saturated carbocycles. The lowest BCUT2D eigenvalue weighted by molar-refractivity contribution is 1.07. The smallest absolute Gasteiger partial charge is 0.164 e. The molecule has 2 heterocycles. The maximum atomic E-state index is 5.02. The molecule has 0 fully saturated rings. The van der Waals surface area contributed by atoms with E-state index in [1.54, 1.807) is 0 Å². The molecule has 274 valence electrons. The first-order chi connectivity index (χ1) is 29.3. The molecule has 4 nitrogen and oxygen atoms in total. The number of aromatic nitrogens is 4. The molecule has 0 atom stereocenters. The monoisotopic (exact) mass is 750 g/mol. The van der Waals surface area contributed by atoms with Crippen LogP contribution in [0.25, 0.3) is 116 Å². The molecule has 0 N–H and O–H groups in total. The van der Waals surface area contributed by atoms with Crippen molar-refractivity contribution < 1.29 is 0 Å². The first kappa shape index (κ1) is 33.2. The van der Waals surface area contributed by atoms with Crippen LogP contribution in [0, 0.1) is 0 Å². The van der Waals surface area contributed by atoms with Gasteiger partial charge in [0, 0.05) is 38.7 Å². The van der Waals surface area contributed by atoms with Gasteiger partial charge in [-0.1, -0.05) is 164 Å². The highest BCUT2D eigenvalue weighted by molar-refractivity contribution is 6.27. The summed E-state index contributed by atoms with van der Waals surface area (Å²) >= 11 is 0. The van der Waals surface area contributed by atoms with Crippen molar-refractivity contribution in [3.05, 3.63) is 206 Å². The quantitative estimate of drug-likeness (QED) is 0.165. The van der Waals surface area contributed by atoms with Gasteiger partial charge in [-0.15, -0.1) is 0 Å². The normalized spacial score (nSPS) is 11.7. The second-order valence-electron chi connectivity index (χ2n) is 15.2. The minimum Gasteiger partial charge on any atom is -0.309 e. The predicted molar refractivity (Wildman–Crippen MR) is 246 cm³/mol. The van der Waals surface area contributed by atoms with Crippen LogP contribution in [-0.2, 0) is 0 Å². The lowest BCUT2D eigenvalue weighted by atomic mass is 9.90. The molecule has 0 aliphatic carbocycles. The van der Waals surface area contributed by atoms with E-state index in [2.05, 4.69) is 150 Å². The lowest BCUT2D eigenvalue weighted by Gasteiger charge is -2.16. The summed E-state index contributed by atoms with van der Waals surface area (Å²) in [6, 6.07) is 73.6. The zero-order chi connectivity index (χ0) is 38.9. The minimum absolute atomic E-state index is 0.633. The summed E-state index contributed by atoms with van der Waals surface area (Å²) < 4.78 is 2.44. The summed E-state index contributed by atoms with van der Waals surface area (Å²) in [4.78, 5) is 14.9. The number of hydrogen-bond acceptors (Lipinski definition) is 3. The van der Waals surface area contributed by atoms with E-state index in [9.17, 15) is 0 Å². The van der Waals surface area contributed by atoms with Crippen molar-refractivity contribution in [1.82, 2.24) is 19.5 Å². The van der Waals surface area contributed by atoms with Gasteiger partial charge in [0.25, 0.3) is 0 Å². The highest BCUT2D eigenvalue weighted by Crippen LogP contribution is 2.45. The predicted octanol–water partition coefficient (Wildman–Crippen LogP) is 14.2. The van der Waals surface area contributed by atoms with E-state index < -0.39 is 0 Å². The molecule has 10 aromatic carbocycles. The van der Waals surface area contributed by atoms with Crippen LogP contribution in [0.4, 0.5) is 0 Å². The van der Waals surface area contributed by atoms with Crippen LogP contribution >= 0.6 is 0 Å². The zero-order valence-corrected chi connectivity index (χ0v) is 31.9. The third-order valence-corrected chi connectivity index (χ3v) is 11.8. The molecule has 0 amide bonds. The van der Waals surface area contributed by atoms with Crippen molar-refractivity contribution in [1.29, 1.82) is 0 Å². The Morgan fingerprint density at radius 3 is 1.32 bits per heavy atom. The number of nitrogens with zero attached hydrogens (tertiary/aromatic N) is 4. The Kier molecular flexibility index (Phi) is 7.50. The Morgan fingerprint density at radius 1 is 0.288 bits per heavy atom. The van der Waals surface area contributed by atoms with E-state index in [0.717, 1.165) is 27.9 Å². The van der Waals surface area contributed by atoms with E-state index in [1.807, 2.05) is 60.7 Å². The summed E-state index contributed by atoms with van der Waals surface area (Å²) in [6.45, 7) is 0. The van der Waals surface area contributed by atoms with Gasteiger partial charge < -0.3 is 4.57 Å². The Labute approximate surface area is 340 Å². The second kappa shape index (κ2) is 13.3. The third kappa shape index (κ3) is 5.34. The molecule has 12 aromatic rings. The standard InChI is InChI=1S/C55H34N4/c1-3-15-35(16-4-1)53-56-54(36-17-5-2-6-18-36)58-55(57-53)37-27-30-40(31-28-37)59-50-26-14-13-25-47(50)49-33-38-19-7-8-20-41(38)51(52(49)59)39-29-32-46-44-23-10-9-21-42(44)43-22-11-12-24-45(43)48(46)34-39/h1-34H. The van der Waals surface area contributed by atoms with Crippen molar-refractivity contribution in [3.8, 4) is 51.0 Å². The molecule has 4 heteroatoms. The van der Waals surface area contributed by atoms with Gasteiger partial charge in [0.2, 0.25) is 0 Å². The Bertz CT molecular complexity index is 3500. The van der Waals surface area contributed by atoms with Crippen molar-refractivity contribution in [2.75, 3.05) is 0 Å². The molecular weight excluding hydrogens is 717 g/mol. The van der Waals surface area contributed by atoms with E-state index in [-0.39, 0.29) is 0 Å². The summed E-state index contributed by atoms with van der Waals surface area (Å²) in [7, 11) is 0. The molecule has 0 radical (unpaired) electrons. The van der Waals surface area contributed by atoms with Gasteiger partial charge >= 0.3 is 0 Å². The number of para-hydroxylation sites is 1. The highest BCUT2D eigenvalue weighted by Gasteiger charge is 2.21. The first-order valence-corrected chi connectivity index (χ1v) is 20.0. The van der Waals surface area contributed by atoms with Crippen LogP contribution in [0.2, 0.25) is 0 Å². The maximum absolute atomic E-state index is 5.02. The molecule has 12 rings (SSSR count). The second-order valence-corrected chi connectivity index (χ2v) is 15.2. The summed E-state index contributed by atoms with van der Waals surface area (Å²) in [5.41, 5.74) is 8.62. The van der Waals surface area contributed by atoms with Gasteiger partial charge in [-0.2, -0.15) is 0 Å². The molecule has 0 aliphatic rings. The van der Waals surface area contributed by atoms with Gasteiger partial charge in [0.1, 0.15) is 0 Å². The average molecular weight is 751 g/mol. The van der Waals surface area contributed by atoms with E-state index >= 15 is 0 Å². The van der Waals surface area contributed by atoms with Crippen LogP contribution in [0.5, 0.6) is 0 Å². The number of fused-ring (bicyclic) bond motifs is 10. The fourth-order valence-corrected chi connectivity index (χ4v) is 9.11. The average Bonchev–Trinajstić information content (AvgIpc) is 3.65. The third-order valence-electron chi connectivity index (χ3n) is 11.8. The summed E-state index contributed by atoms with van der Waals surface area (Å²) in [5, 5.41) is 12.5. The van der Waals surface area contributed by atoms with Crippen LogP contribution < -0.4 is 0 Å². The highest BCUT2D eigenvalue weighted by atomic mass is 15.0. The van der Waals surface area contributed by atoms with Crippen molar-refractivity contribution >= 4 is 64.9 Å². The Morgan fingerprint density at radius 2 is 0.729 bits per heavy atom. The SMILES string of the molecule is c1ccc(-c2nc(-c3ccccc3)nc(-c3ccc(-n4c5ccccc5c5cc6ccccc6c(-c6ccc7c8ccccc8c8ccccc8c7c6)c54)cc3)n2)cc1. The van der Waals surface area contributed by atoms with Gasteiger partial charge in [-0.25, -0.2) is 15.0 Å². The largest absolute Gasteiger partial charge is 0.309 e. The number of rotatable bonds is 5. The topological polar surface area (TPSA) is 43.6 Å². The summed E-state index contributed by atoms with van der Waals surface area (Å²) in [5.74, 6) is 1.93. The molecule has 0 bridgehead atoms. The lowest BCUT2D eigenvalue weighted by Crippen LogP contribution is -2.00. The molecule has 2 aromatic heterocycles. The number of benzene rings is 10. The summed E-state index contributed by atoms with van der Waals surface area (Å²) in [6.07, 6.45) is 0. The van der Waals surface area contributed by atoms with E-state index in [0.29, 0.717) is 17.5 Å². The fourth-order valence-electron chi connectivity index (χ4n) is 9.11. The van der Waals surface area contributed by atoms with Crippen LogP contribution in [0.15, 0.2) is 206 Å². The van der Waals surface area contributed by atoms with Gasteiger partial charge in [-0.3, -0.25) is 0 Å². The van der Waals surface area contributed by atoms with E-state index in [4.69, 9.17) is 15.0 Å². The fraction of sp³-hybridized carbons (Fsp3) is 0. The van der Waals surface area contributed by atoms with Crippen LogP contribution in [0.1, 0.15) is 0 Å². The van der Waals surface area contributed by atoms with Crippen molar-refractivity contribution in [3.63, 3.8) is 0 Å². The van der Waals surface area contributed by atoms with Gasteiger partial charge in [0.15, 0.2) is 17.5 Å². The van der Waals surface area contributed by atoms with Crippen LogP contribution in [-0.4, -0.2) is 19.5 Å². The van der Waals surface area contributed by atoms with Crippen molar-refractivity contribution in [2.45, 2.75) is 0 Å². The Hall–Kier alpha value is -7.95. The van der Waals surface area contributed by atoms with E-state index in [1.165, 1.54) is 70.5 Å². The first-order valence-electron chi connectivity index (χ1n) is 20.0. The van der Waals surface area contributed by atoms with Crippen molar-refractivity contribution in [2.24, 2.45) is 0 Å². The van der Waals surface area contributed by atoms with Crippen LogP contribution in [0.3, 0.4) is 0 Å². The Balaban J connectivity index is 1.10. The molecule has 0 unspecified atom stereocenters. The molecule has 59 heavy (non-hydrogen) atoms. The molecule has 0 spiro atoms. The maximum Gasteiger partial charge on any atom is 0.164 e. The number of hydrogen-bond donors (Lipinski definition) is 0. The van der Waals surface area contributed by atoms with Gasteiger partial charge in [-0.05, 0) is 91.1 Å². The molecule has 0 saturated heterocycles. The molecule has 0 aliphatic heterocycles. The van der Waals surface area contributed by atoms with Gasteiger partial charge in [0.05, 0.1) is 11.0 Å².